The Bertz CT molecular complexity index is 452. The van der Waals surface area contributed by atoms with E-state index in [1.807, 2.05) is 12.4 Å². The number of aromatic nitrogens is 1. The average molecular weight is 270 g/mol. The van der Waals surface area contributed by atoms with Crippen molar-refractivity contribution in [2.45, 2.75) is 39.5 Å². The largest absolute Gasteiger partial charge is 0.271 e. The van der Waals surface area contributed by atoms with Gasteiger partial charge in [0.2, 0.25) is 12.4 Å². The summed E-state index contributed by atoms with van der Waals surface area (Å²) in [7, 11) is 0. The minimum absolute atomic E-state index is 0.746. The van der Waals surface area contributed by atoms with Crippen LogP contribution in [0, 0.1) is 0 Å². The smallest absolute Gasteiger partial charge is 0.223 e. The van der Waals surface area contributed by atoms with Crippen molar-refractivity contribution in [1.82, 2.24) is 0 Å². The molecule has 1 heterocycles. The van der Waals surface area contributed by atoms with Gasteiger partial charge < -0.3 is 0 Å². The molecule has 0 bridgehead atoms. The van der Waals surface area contributed by atoms with Crippen LogP contribution < -0.4 is 9.57 Å². The lowest BCUT2D eigenvalue weighted by Crippen LogP contribution is -2.42. The van der Waals surface area contributed by atoms with Crippen molar-refractivity contribution in [3.05, 3.63) is 54.4 Å². The number of rotatable bonds is 7. The van der Waals surface area contributed by atoms with Gasteiger partial charge >= 0.3 is 0 Å². The molecule has 0 atom stereocenters. The lowest BCUT2D eigenvalue weighted by Gasteiger charge is -2.03. The lowest BCUT2D eigenvalue weighted by molar-refractivity contribution is -0.891. The highest BCUT2D eigenvalue weighted by Gasteiger charge is 2.03. The molecule has 2 aromatic rings. The van der Waals surface area contributed by atoms with Gasteiger partial charge in [-0.25, -0.2) is 0 Å². The fourth-order valence-corrected chi connectivity index (χ4v) is 2.13. The molecule has 2 heteroatoms. The molecule has 20 heavy (non-hydrogen) atoms. The molecule has 0 unspecified atom stereocenters. The molecule has 0 fully saturated rings. The Hall–Kier alpha value is -1.83. The third-order valence-corrected chi connectivity index (χ3v) is 3.35. The number of nitrogens with zero attached hydrogens (tertiary/aromatic N) is 1. The van der Waals surface area contributed by atoms with E-state index < -0.39 is 0 Å². The third-order valence-electron chi connectivity index (χ3n) is 3.35. The predicted octanol–water partition coefficient (Wildman–Crippen LogP) is 3.82. The first-order chi connectivity index (χ1) is 9.83. The van der Waals surface area contributed by atoms with E-state index in [2.05, 4.69) is 50.2 Å². The monoisotopic (exact) mass is 270 g/mol. The molecule has 0 saturated heterocycles. The van der Waals surface area contributed by atoms with E-state index in [1.54, 1.807) is 4.73 Å². The van der Waals surface area contributed by atoms with E-state index in [9.17, 15) is 0 Å². The Morgan fingerprint density at radius 2 is 1.50 bits per heavy atom. The molecule has 0 spiro atoms. The highest BCUT2D eigenvalue weighted by molar-refractivity contribution is 5.62. The maximum atomic E-state index is 5.53. The standard InChI is InChI=1S/C18H24NO/c1-3-5-6-16-7-9-17(10-8-16)18-11-13-19(14-12-18)20-15-4-2/h7-14H,3-6,15H2,1-2H3/q+1. The zero-order valence-corrected chi connectivity index (χ0v) is 12.5. The molecule has 0 aliphatic rings. The van der Waals surface area contributed by atoms with Crippen molar-refractivity contribution < 1.29 is 9.57 Å². The summed E-state index contributed by atoms with van der Waals surface area (Å²) in [5.41, 5.74) is 3.91. The van der Waals surface area contributed by atoms with E-state index in [4.69, 9.17) is 4.84 Å². The van der Waals surface area contributed by atoms with Gasteiger partial charge in [0.1, 0.15) is 0 Å². The average Bonchev–Trinajstić information content (AvgIpc) is 2.52. The Morgan fingerprint density at radius 3 is 2.10 bits per heavy atom. The number of unbranched alkanes of at least 4 members (excludes halogenated alkanes) is 1. The Morgan fingerprint density at radius 1 is 0.850 bits per heavy atom. The molecule has 0 amide bonds. The molecule has 1 aromatic carbocycles. The Kier molecular flexibility index (Phi) is 5.60. The summed E-state index contributed by atoms with van der Waals surface area (Å²) in [4.78, 5) is 5.53. The second kappa shape index (κ2) is 7.68. The molecule has 0 N–H and O–H groups in total. The number of hydrogen-bond acceptors (Lipinski definition) is 1. The first-order valence-electron chi connectivity index (χ1n) is 7.57. The van der Waals surface area contributed by atoms with E-state index in [-0.39, 0.29) is 0 Å². The van der Waals surface area contributed by atoms with Gasteiger partial charge in [0.05, 0.1) is 0 Å². The highest BCUT2D eigenvalue weighted by atomic mass is 16.7. The molecule has 2 nitrogen and oxygen atoms in total. The first-order valence-corrected chi connectivity index (χ1v) is 7.57. The quantitative estimate of drug-likeness (QED) is 0.697. The molecular weight excluding hydrogens is 246 g/mol. The topological polar surface area (TPSA) is 13.1 Å². The van der Waals surface area contributed by atoms with Gasteiger partial charge in [-0.2, -0.15) is 0 Å². The summed E-state index contributed by atoms with van der Waals surface area (Å²) in [6, 6.07) is 13.1. The van der Waals surface area contributed by atoms with Crippen LogP contribution in [-0.2, 0) is 6.42 Å². The van der Waals surface area contributed by atoms with Crippen LogP contribution in [0.25, 0.3) is 11.1 Å². The fraction of sp³-hybridized carbons (Fsp3) is 0.389. The maximum Gasteiger partial charge on any atom is 0.223 e. The van der Waals surface area contributed by atoms with E-state index >= 15 is 0 Å². The zero-order chi connectivity index (χ0) is 14.2. The second-order valence-electron chi connectivity index (χ2n) is 5.08. The second-order valence-corrected chi connectivity index (χ2v) is 5.08. The molecule has 2 rings (SSSR count). The van der Waals surface area contributed by atoms with Gasteiger partial charge in [0.15, 0.2) is 6.61 Å². The van der Waals surface area contributed by atoms with Crippen molar-refractivity contribution in [2.75, 3.05) is 6.61 Å². The van der Waals surface area contributed by atoms with Crippen LogP contribution in [0.2, 0.25) is 0 Å². The fourth-order valence-electron chi connectivity index (χ4n) is 2.13. The number of hydrogen-bond donors (Lipinski definition) is 0. The molecule has 106 valence electrons. The first kappa shape index (κ1) is 14.6. The summed E-state index contributed by atoms with van der Waals surface area (Å²) in [6.07, 6.45) is 8.65. The van der Waals surface area contributed by atoms with Crippen LogP contribution in [0.15, 0.2) is 48.8 Å². The number of benzene rings is 1. The van der Waals surface area contributed by atoms with Crippen molar-refractivity contribution in [2.24, 2.45) is 0 Å². The van der Waals surface area contributed by atoms with Crippen LogP contribution in [0.5, 0.6) is 0 Å². The van der Waals surface area contributed by atoms with Gasteiger partial charge in [0.25, 0.3) is 0 Å². The van der Waals surface area contributed by atoms with E-state index in [1.165, 1.54) is 36.0 Å². The molecule has 0 radical (unpaired) electrons. The molecular formula is C18H24NO+. The normalized spacial score (nSPS) is 10.5. The van der Waals surface area contributed by atoms with Gasteiger partial charge in [-0.15, -0.1) is 0 Å². The van der Waals surface area contributed by atoms with Crippen molar-refractivity contribution in [3.63, 3.8) is 0 Å². The van der Waals surface area contributed by atoms with Crippen molar-refractivity contribution in [1.29, 1.82) is 0 Å². The molecule has 0 saturated carbocycles. The van der Waals surface area contributed by atoms with Crippen molar-refractivity contribution in [3.8, 4) is 11.1 Å². The zero-order valence-electron chi connectivity index (χ0n) is 12.5. The minimum Gasteiger partial charge on any atom is -0.271 e. The van der Waals surface area contributed by atoms with Crippen LogP contribution in [0.1, 0.15) is 38.7 Å². The van der Waals surface area contributed by atoms with Crippen LogP contribution >= 0.6 is 0 Å². The lowest BCUT2D eigenvalue weighted by atomic mass is 10.0. The van der Waals surface area contributed by atoms with Crippen LogP contribution in [-0.4, -0.2) is 6.61 Å². The summed E-state index contributed by atoms with van der Waals surface area (Å²) in [6.45, 7) is 5.08. The predicted molar refractivity (Wildman–Crippen MR) is 82.4 cm³/mol. The summed E-state index contributed by atoms with van der Waals surface area (Å²) < 4.78 is 1.77. The van der Waals surface area contributed by atoms with E-state index in [0.29, 0.717) is 0 Å². The summed E-state index contributed by atoms with van der Waals surface area (Å²) in [5, 5.41) is 0. The summed E-state index contributed by atoms with van der Waals surface area (Å²) in [5.74, 6) is 0. The summed E-state index contributed by atoms with van der Waals surface area (Å²) >= 11 is 0. The Labute approximate surface area is 122 Å². The van der Waals surface area contributed by atoms with Gasteiger partial charge in [-0.3, -0.25) is 4.84 Å². The van der Waals surface area contributed by atoms with Gasteiger partial charge in [-0.1, -0.05) is 44.5 Å². The van der Waals surface area contributed by atoms with E-state index in [0.717, 1.165) is 13.0 Å². The molecule has 0 aliphatic carbocycles. The molecule has 0 aliphatic heterocycles. The third kappa shape index (κ3) is 4.09. The van der Waals surface area contributed by atoms with Crippen LogP contribution in [0.4, 0.5) is 0 Å². The van der Waals surface area contributed by atoms with Crippen molar-refractivity contribution >= 4 is 0 Å². The SMILES string of the molecule is CCCCc1ccc(-c2cc[n+](OCCC)cc2)cc1. The molecule has 1 aromatic heterocycles. The minimum atomic E-state index is 0.746. The number of aryl methyl sites for hydroxylation is 1. The van der Waals surface area contributed by atoms with Gasteiger partial charge in [0, 0.05) is 16.9 Å². The van der Waals surface area contributed by atoms with Crippen LogP contribution in [0.3, 0.4) is 0 Å². The van der Waals surface area contributed by atoms with Gasteiger partial charge in [-0.05, 0) is 36.0 Å². The highest BCUT2D eigenvalue weighted by Crippen LogP contribution is 2.19. The number of pyridine rings is 1. The Balaban J connectivity index is 2.03. The maximum absolute atomic E-state index is 5.53.